The first-order valence-corrected chi connectivity index (χ1v) is 7.84. The van der Waals surface area contributed by atoms with Gasteiger partial charge in [-0.1, -0.05) is 42.5 Å². The molecule has 1 saturated heterocycles. The van der Waals surface area contributed by atoms with Crippen LogP contribution in [0.5, 0.6) is 0 Å². The fourth-order valence-electron chi connectivity index (χ4n) is 2.56. The van der Waals surface area contributed by atoms with Crippen LogP contribution in [0.4, 0.5) is 0 Å². The molecule has 2 aromatic rings. The average molecular weight is 274 g/mol. The van der Waals surface area contributed by atoms with E-state index in [1.54, 1.807) is 0 Å². The van der Waals surface area contributed by atoms with Crippen molar-refractivity contribution in [3.8, 4) is 0 Å². The van der Waals surface area contributed by atoms with Crippen LogP contribution in [0.3, 0.4) is 0 Å². The van der Waals surface area contributed by atoms with E-state index in [-0.39, 0.29) is 6.10 Å². The van der Waals surface area contributed by atoms with Crippen LogP contribution in [-0.4, -0.2) is 35.4 Å². The van der Waals surface area contributed by atoms with Crippen molar-refractivity contribution in [2.75, 3.05) is 18.1 Å². The van der Waals surface area contributed by atoms with E-state index in [0.29, 0.717) is 6.42 Å². The van der Waals surface area contributed by atoms with Crippen LogP contribution in [0.1, 0.15) is 5.56 Å². The lowest BCUT2D eigenvalue weighted by Crippen LogP contribution is -2.36. The minimum atomic E-state index is -0.418. The molecule has 100 valence electrons. The normalized spacial score (nSPS) is 21.4. The lowest BCUT2D eigenvalue weighted by atomic mass is 9.98. The molecule has 0 spiro atoms. The molecule has 0 bridgehead atoms. The number of thioether (sulfide) groups is 1. The van der Waals surface area contributed by atoms with E-state index < -0.39 is 6.10 Å². The van der Waals surface area contributed by atoms with Gasteiger partial charge in [0.1, 0.15) is 0 Å². The zero-order valence-corrected chi connectivity index (χ0v) is 11.6. The molecule has 1 heterocycles. The van der Waals surface area contributed by atoms with Gasteiger partial charge in [-0.3, -0.25) is 0 Å². The quantitative estimate of drug-likeness (QED) is 0.933. The lowest BCUT2D eigenvalue weighted by molar-refractivity contribution is -0.0206. The number of hydrogen-bond donors (Lipinski definition) is 1. The second-order valence-corrected chi connectivity index (χ2v) is 6.04. The van der Waals surface area contributed by atoms with Gasteiger partial charge in [0.2, 0.25) is 0 Å². The van der Waals surface area contributed by atoms with Crippen LogP contribution >= 0.6 is 11.8 Å². The van der Waals surface area contributed by atoms with Crippen molar-refractivity contribution in [3.63, 3.8) is 0 Å². The van der Waals surface area contributed by atoms with Gasteiger partial charge in [0, 0.05) is 17.9 Å². The summed E-state index contributed by atoms with van der Waals surface area (Å²) in [6.45, 7) is 0.752. The topological polar surface area (TPSA) is 29.5 Å². The van der Waals surface area contributed by atoms with Gasteiger partial charge in [0.15, 0.2) is 0 Å². The Bertz CT molecular complexity index is 544. The number of aliphatic hydroxyl groups is 1. The van der Waals surface area contributed by atoms with Gasteiger partial charge in [-0.05, 0) is 16.3 Å². The summed E-state index contributed by atoms with van der Waals surface area (Å²) in [7, 11) is 0. The van der Waals surface area contributed by atoms with Crippen LogP contribution in [-0.2, 0) is 11.2 Å². The van der Waals surface area contributed by atoms with E-state index in [2.05, 4.69) is 30.3 Å². The van der Waals surface area contributed by atoms with Crippen molar-refractivity contribution < 1.29 is 9.84 Å². The fraction of sp³-hybridized carbons (Fsp3) is 0.375. The Morgan fingerprint density at radius 1 is 1.21 bits per heavy atom. The van der Waals surface area contributed by atoms with Crippen LogP contribution in [0.15, 0.2) is 42.5 Å². The van der Waals surface area contributed by atoms with Crippen LogP contribution < -0.4 is 0 Å². The molecule has 0 saturated carbocycles. The zero-order chi connectivity index (χ0) is 13.1. The third-order valence-electron chi connectivity index (χ3n) is 3.58. The van der Waals surface area contributed by atoms with Gasteiger partial charge in [-0.2, -0.15) is 11.8 Å². The maximum atomic E-state index is 10.3. The third-order valence-corrected chi connectivity index (χ3v) is 4.60. The maximum absolute atomic E-state index is 10.3. The maximum Gasteiger partial charge on any atom is 0.0927 e. The first-order valence-electron chi connectivity index (χ1n) is 6.68. The van der Waals surface area contributed by atoms with Crippen molar-refractivity contribution in [1.82, 2.24) is 0 Å². The summed E-state index contributed by atoms with van der Waals surface area (Å²) in [5.41, 5.74) is 1.20. The van der Waals surface area contributed by atoms with Gasteiger partial charge in [-0.15, -0.1) is 0 Å². The number of hydrogen-bond acceptors (Lipinski definition) is 3. The monoisotopic (exact) mass is 274 g/mol. The Morgan fingerprint density at radius 2 is 2.05 bits per heavy atom. The van der Waals surface area contributed by atoms with Crippen molar-refractivity contribution in [2.24, 2.45) is 0 Å². The van der Waals surface area contributed by atoms with Gasteiger partial charge in [-0.25, -0.2) is 0 Å². The fourth-order valence-corrected chi connectivity index (χ4v) is 3.49. The predicted molar refractivity (Wildman–Crippen MR) is 80.7 cm³/mol. The van der Waals surface area contributed by atoms with Crippen molar-refractivity contribution in [1.29, 1.82) is 0 Å². The van der Waals surface area contributed by atoms with E-state index in [1.165, 1.54) is 16.3 Å². The Labute approximate surface area is 117 Å². The van der Waals surface area contributed by atoms with Crippen LogP contribution in [0, 0.1) is 0 Å². The zero-order valence-electron chi connectivity index (χ0n) is 10.8. The minimum absolute atomic E-state index is 0.0299. The van der Waals surface area contributed by atoms with E-state index in [9.17, 15) is 5.11 Å². The Kier molecular flexibility index (Phi) is 4.06. The highest BCUT2D eigenvalue weighted by atomic mass is 32.2. The molecule has 3 heteroatoms. The summed E-state index contributed by atoms with van der Waals surface area (Å²) in [5.74, 6) is 1.93. The molecule has 2 atom stereocenters. The summed E-state index contributed by atoms with van der Waals surface area (Å²) < 4.78 is 5.65. The number of benzene rings is 2. The summed E-state index contributed by atoms with van der Waals surface area (Å²) in [6, 6.07) is 14.6. The number of fused-ring (bicyclic) bond motifs is 1. The smallest absolute Gasteiger partial charge is 0.0927 e. The Morgan fingerprint density at radius 3 is 2.89 bits per heavy atom. The molecule has 1 aliphatic heterocycles. The number of aliphatic hydroxyl groups excluding tert-OH is 1. The molecule has 0 aromatic heterocycles. The summed E-state index contributed by atoms with van der Waals surface area (Å²) in [4.78, 5) is 0. The standard InChI is InChI=1S/C16H18O2S/c17-15(16-11-19-9-8-18-16)10-13-6-3-5-12-4-1-2-7-14(12)13/h1-7,15-17H,8-11H2. The van der Waals surface area contributed by atoms with E-state index >= 15 is 0 Å². The molecule has 2 nitrogen and oxygen atoms in total. The second kappa shape index (κ2) is 5.95. The lowest BCUT2D eigenvalue weighted by Gasteiger charge is -2.27. The highest BCUT2D eigenvalue weighted by Crippen LogP contribution is 2.23. The molecular weight excluding hydrogens is 256 g/mol. The average Bonchev–Trinajstić information content (AvgIpc) is 2.48. The molecule has 1 aliphatic rings. The minimum Gasteiger partial charge on any atom is -0.390 e. The van der Waals surface area contributed by atoms with Gasteiger partial charge in [0.05, 0.1) is 18.8 Å². The van der Waals surface area contributed by atoms with Gasteiger partial charge in [0.25, 0.3) is 0 Å². The summed E-state index contributed by atoms with van der Waals surface area (Å²) in [6.07, 6.45) is 0.211. The highest BCUT2D eigenvalue weighted by molar-refractivity contribution is 7.99. The van der Waals surface area contributed by atoms with Crippen molar-refractivity contribution in [3.05, 3.63) is 48.0 Å². The molecule has 1 N–H and O–H groups in total. The largest absolute Gasteiger partial charge is 0.390 e. The van der Waals surface area contributed by atoms with E-state index in [0.717, 1.165) is 18.1 Å². The molecule has 0 radical (unpaired) electrons. The van der Waals surface area contributed by atoms with Crippen LogP contribution in [0.2, 0.25) is 0 Å². The summed E-state index contributed by atoms with van der Waals surface area (Å²) in [5, 5.41) is 12.8. The molecular formula is C16H18O2S. The van der Waals surface area contributed by atoms with Gasteiger partial charge < -0.3 is 9.84 Å². The van der Waals surface area contributed by atoms with Gasteiger partial charge >= 0.3 is 0 Å². The number of rotatable bonds is 3. The Balaban J connectivity index is 1.80. The number of ether oxygens (including phenoxy) is 1. The molecule has 19 heavy (non-hydrogen) atoms. The third kappa shape index (κ3) is 2.94. The van der Waals surface area contributed by atoms with E-state index in [4.69, 9.17) is 4.74 Å². The molecule has 0 aliphatic carbocycles. The summed E-state index contributed by atoms with van der Waals surface area (Å²) >= 11 is 1.86. The first-order chi connectivity index (χ1) is 9.34. The molecule has 0 amide bonds. The molecule has 3 rings (SSSR count). The predicted octanol–water partition coefficient (Wildman–Crippen LogP) is 2.88. The van der Waals surface area contributed by atoms with Crippen LogP contribution in [0.25, 0.3) is 10.8 Å². The highest BCUT2D eigenvalue weighted by Gasteiger charge is 2.23. The molecule has 2 unspecified atom stereocenters. The second-order valence-electron chi connectivity index (χ2n) is 4.89. The Hall–Kier alpha value is -1.03. The molecule has 2 aromatic carbocycles. The molecule has 1 fully saturated rings. The van der Waals surface area contributed by atoms with Crippen molar-refractivity contribution >= 4 is 22.5 Å². The van der Waals surface area contributed by atoms with E-state index in [1.807, 2.05) is 23.9 Å². The SMILES string of the molecule is OC(Cc1cccc2ccccc12)C1CSCCO1. The van der Waals surface area contributed by atoms with Crippen molar-refractivity contribution in [2.45, 2.75) is 18.6 Å². The first kappa shape index (κ1) is 13.0.